The summed E-state index contributed by atoms with van der Waals surface area (Å²) in [5.41, 5.74) is 12.6. The van der Waals surface area contributed by atoms with Crippen LogP contribution < -0.4 is 14.2 Å². The molecule has 190 valence electrons. The number of benzene rings is 1. The van der Waals surface area contributed by atoms with Crippen LogP contribution in [-0.4, -0.2) is 60.5 Å². The van der Waals surface area contributed by atoms with Gasteiger partial charge >= 0.3 is 0 Å². The third-order valence-electron chi connectivity index (χ3n) is 7.61. The van der Waals surface area contributed by atoms with Gasteiger partial charge in [-0.25, -0.2) is 0 Å². The first-order valence-electron chi connectivity index (χ1n) is 12.1. The third kappa shape index (κ3) is 3.31. The Morgan fingerprint density at radius 2 is 2.08 bits per heavy atom. The van der Waals surface area contributed by atoms with Crippen LogP contribution in [0.4, 0.5) is 0 Å². The highest BCUT2D eigenvalue weighted by molar-refractivity contribution is 6.09. The molecule has 3 aliphatic rings. The summed E-state index contributed by atoms with van der Waals surface area (Å²) >= 11 is 0. The SMILES string of the molecule is COc1cc2cc(C(=O)N3C[C@H]4CC45C3=CC(=O)c3[nH]c(C)cc35)[nH]c2c(OC)c1OCCCN=[N+]=[N-]. The topological polar surface area (TPSA) is 145 Å². The summed E-state index contributed by atoms with van der Waals surface area (Å²) < 4.78 is 17.1. The van der Waals surface area contributed by atoms with Crippen LogP contribution in [0.2, 0.25) is 0 Å². The standard InChI is InChI=1S/C26H26N6O5/c1-13-7-16-22(29-13)18(33)10-20-26(16)11-15(26)12-32(20)25(34)17-8-14-9-19(35-2)23(24(36-3)21(14)30-17)37-6-4-5-28-31-27/h7-10,15,29-30H,4-6,11-12H2,1-3H3/t15-,26?/m1/s1. The van der Waals surface area contributed by atoms with Crippen molar-refractivity contribution in [2.24, 2.45) is 11.0 Å². The highest BCUT2D eigenvalue weighted by atomic mass is 16.5. The van der Waals surface area contributed by atoms with Gasteiger partial charge < -0.3 is 29.1 Å². The molecule has 6 rings (SSSR count). The van der Waals surface area contributed by atoms with Crippen molar-refractivity contribution in [3.8, 4) is 17.2 Å². The van der Waals surface area contributed by atoms with E-state index in [9.17, 15) is 9.59 Å². The molecule has 2 aliphatic carbocycles. The summed E-state index contributed by atoms with van der Waals surface area (Å²) in [6, 6.07) is 5.60. The van der Waals surface area contributed by atoms with Crippen molar-refractivity contribution in [1.29, 1.82) is 0 Å². The average Bonchev–Trinajstić information content (AvgIpc) is 3.16. The van der Waals surface area contributed by atoms with Gasteiger partial charge in [-0.2, -0.15) is 0 Å². The summed E-state index contributed by atoms with van der Waals surface area (Å²) in [6.45, 7) is 3.12. The fourth-order valence-corrected chi connectivity index (χ4v) is 5.92. The molecule has 3 heterocycles. The van der Waals surface area contributed by atoms with E-state index < -0.39 is 0 Å². The molecule has 0 radical (unpaired) electrons. The normalized spacial score (nSPS) is 21.1. The molecule has 2 aromatic heterocycles. The quantitative estimate of drug-likeness (QED) is 0.203. The van der Waals surface area contributed by atoms with E-state index in [0.717, 1.165) is 28.8 Å². The molecule has 2 N–H and O–H groups in total. The van der Waals surface area contributed by atoms with Crippen LogP contribution >= 0.6 is 0 Å². The minimum atomic E-state index is -0.257. The van der Waals surface area contributed by atoms with Crippen LogP contribution in [0.15, 0.2) is 35.1 Å². The van der Waals surface area contributed by atoms with E-state index >= 15 is 0 Å². The summed E-state index contributed by atoms with van der Waals surface area (Å²) in [5.74, 6) is 1.28. The summed E-state index contributed by atoms with van der Waals surface area (Å²) in [5, 5.41) is 4.25. The zero-order valence-electron chi connectivity index (χ0n) is 20.8. The van der Waals surface area contributed by atoms with Gasteiger partial charge in [-0.1, -0.05) is 5.11 Å². The van der Waals surface area contributed by atoms with Gasteiger partial charge in [0.1, 0.15) is 5.69 Å². The van der Waals surface area contributed by atoms with Gasteiger partial charge in [0.15, 0.2) is 11.5 Å². The van der Waals surface area contributed by atoms with Crippen LogP contribution in [0.25, 0.3) is 21.3 Å². The molecule has 1 saturated heterocycles. The molecule has 1 amide bonds. The molecule has 1 unspecified atom stereocenters. The van der Waals surface area contributed by atoms with Gasteiger partial charge in [0, 0.05) is 46.3 Å². The Balaban J connectivity index is 1.33. The fourth-order valence-electron chi connectivity index (χ4n) is 5.92. The Labute approximate surface area is 212 Å². The van der Waals surface area contributed by atoms with Crippen LogP contribution in [0, 0.1) is 12.8 Å². The minimum Gasteiger partial charge on any atom is -0.493 e. The number of piperidine rings is 1. The predicted octanol–water partition coefficient (Wildman–Crippen LogP) is 4.39. The first-order chi connectivity index (χ1) is 17.9. The molecular formula is C26H26N6O5. The highest BCUT2D eigenvalue weighted by Crippen LogP contribution is 2.66. The molecule has 2 atom stereocenters. The lowest BCUT2D eigenvalue weighted by molar-refractivity contribution is 0.0806. The molecule has 0 bridgehead atoms. The Hall–Kier alpha value is -4.37. The largest absolute Gasteiger partial charge is 0.493 e. The molecule has 3 aromatic rings. The number of hydrogen-bond acceptors (Lipinski definition) is 6. The number of H-pyrrole nitrogens is 2. The zero-order valence-corrected chi connectivity index (χ0v) is 20.8. The Morgan fingerprint density at radius 3 is 2.84 bits per heavy atom. The van der Waals surface area contributed by atoms with E-state index in [-0.39, 0.29) is 17.1 Å². The van der Waals surface area contributed by atoms with E-state index in [2.05, 4.69) is 20.0 Å². The van der Waals surface area contributed by atoms with Crippen LogP contribution in [0.5, 0.6) is 17.2 Å². The van der Waals surface area contributed by atoms with Crippen molar-refractivity contribution in [1.82, 2.24) is 14.9 Å². The van der Waals surface area contributed by atoms with Gasteiger partial charge in [0.25, 0.3) is 5.91 Å². The number of amides is 1. The molecule has 11 heteroatoms. The van der Waals surface area contributed by atoms with E-state index in [1.807, 2.05) is 13.0 Å². The monoisotopic (exact) mass is 502 g/mol. The first kappa shape index (κ1) is 23.1. The van der Waals surface area contributed by atoms with Gasteiger partial charge in [-0.15, -0.1) is 0 Å². The molecule has 1 aromatic carbocycles. The van der Waals surface area contributed by atoms with E-state index in [1.165, 1.54) is 14.2 Å². The number of rotatable bonds is 8. The molecule has 1 aliphatic heterocycles. The smallest absolute Gasteiger partial charge is 0.274 e. The maximum atomic E-state index is 13.8. The van der Waals surface area contributed by atoms with Gasteiger partial charge in [-0.3, -0.25) is 9.59 Å². The van der Waals surface area contributed by atoms with Crippen molar-refractivity contribution in [3.05, 3.63) is 63.1 Å². The maximum absolute atomic E-state index is 13.8. The summed E-state index contributed by atoms with van der Waals surface area (Å²) in [6.07, 6.45) is 3.09. The molecule has 11 nitrogen and oxygen atoms in total. The minimum absolute atomic E-state index is 0.0978. The number of aromatic amines is 2. The second kappa shape index (κ2) is 8.35. The number of nitrogens with zero attached hydrogens (tertiary/aromatic N) is 4. The zero-order chi connectivity index (χ0) is 25.9. The number of azide groups is 1. The Morgan fingerprint density at radius 1 is 1.24 bits per heavy atom. The number of likely N-dealkylation sites (tertiary alicyclic amines) is 1. The number of methoxy groups -OCH3 is 2. The Bertz CT molecular complexity index is 1540. The summed E-state index contributed by atoms with van der Waals surface area (Å²) in [7, 11) is 3.06. The van der Waals surface area contributed by atoms with Gasteiger partial charge in [0.05, 0.1) is 32.0 Å². The van der Waals surface area contributed by atoms with E-state index in [0.29, 0.717) is 66.2 Å². The average molecular weight is 503 g/mol. The Kier molecular flexibility index (Phi) is 5.20. The lowest BCUT2D eigenvalue weighted by atomic mass is 9.85. The second-order valence-corrected chi connectivity index (χ2v) is 9.67. The lowest BCUT2D eigenvalue weighted by Gasteiger charge is -2.27. The number of carbonyl (C=O) groups excluding carboxylic acids is 2. The number of hydrogen-bond donors (Lipinski definition) is 2. The first-order valence-corrected chi connectivity index (χ1v) is 12.1. The van der Waals surface area contributed by atoms with Gasteiger partial charge in [0.2, 0.25) is 11.5 Å². The number of carbonyl (C=O) groups is 2. The van der Waals surface area contributed by atoms with Crippen molar-refractivity contribution < 1.29 is 23.8 Å². The number of allylic oxidation sites excluding steroid dienone is 2. The molecule has 1 saturated carbocycles. The van der Waals surface area contributed by atoms with Crippen molar-refractivity contribution >= 4 is 22.6 Å². The van der Waals surface area contributed by atoms with Crippen molar-refractivity contribution in [3.63, 3.8) is 0 Å². The van der Waals surface area contributed by atoms with Crippen LogP contribution in [0.3, 0.4) is 0 Å². The van der Waals surface area contributed by atoms with E-state index in [1.54, 1.807) is 23.1 Å². The van der Waals surface area contributed by atoms with Gasteiger partial charge in [-0.05, 0) is 55.0 Å². The molecule has 1 spiro atoms. The second-order valence-electron chi connectivity index (χ2n) is 9.67. The number of aryl methyl sites for hydroxylation is 1. The third-order valence-corrected chi connectivity index (χ3v) is 7.61. The van der Waals surface area contributed by atoms with Crippen molar-refractivity contribution in [2.75, 3.05) is 33.9 Å². The maximum Gasteiger partial charge on any atom is 0.274 e. The molecular weight excluding hydrogens is 476 g/mol. The van der Waals surface area contributed by atoms with Crippen LogP contribution in [0.1, 0.15) is 45.1 Å². The number of nitrogens with one attached hydrogen (secondary N) is 2. The number of ketones is 1. The predicted molar refractivity (Wildman–Crippen MR) is 134 cm³/mol. The molecule has 2 fully saturated rings. The summed E-state index contributed by atoms with van der Waals surface area (Å²) in [4.78, 5) is 37.5. The molecule has 37 heavy (non-hydrogen) atoms. The number of fused-ring (bicyclic) bond motifs is 2. The number of ether oxygens (including phenoxy) is 3. The lowest BCUT2D eigenvalue weighted by Crippen LogP contribution is -2.33. The van der Waals surface area contributed by atoms with Crippen LogP contribution in [-0.2, 0) is 5.41 Å². The fraction of sp³-hybridized carbons (Fsp3) is 0.385. The van der Waals surface area contributed by atoms with Crippen molar-refractivity contribution in [2.45, 2.75) is 25.2 Å². The van der Waals surface area contributed by atoms with E-state index in [4.69, 9.17) is 19.7 Å². The highest BCUT2D eigenvalue weighted by Gasteiger charge is 2.67. The number of aromatic nitrogens is 2.